The third kappa shape index (κ3) is 1.92. The van der Waals surface area contributed by atoms with Crippen molar-refractivity contribution in [2.75, 3.05) is 6.54 Å². The van der Waals surface area contributed by atoms with Crippen LogP contribution in [0.2, 0.25) is 0 Å². The highest BCUT2D eigenvalue weighted by molar-refractivity contribution is 5.24. The summed E-state index contributed by atoms with van der Waals surface area (Å²) < 4.78 is 0. The maximum absolute atomic E-state index is 3.54. The summed E-state index contributed by atoms with van der Waals surface area (Å²) in [4.78, 5) is 0. The topological polar surface area (TPSA) is 12.0 Å². The van der Waals surface area contributed by atoms with Gasteiger partial charge in [-0.25, -0.2) is 0 Å². The fourth-order valence-corrected chi connectivity index (χ4v) is 1.97. The Hall–Kier alpha value is -0.820. The Morgan fingerprint density at radius 3 is 2.46 bits per heavy atom. The number of nitrogens with one attached hydrogen (secondary N) is 1. The highest BCUT2D eigenvalue weighted by atomic mass is 14.9. The van der Waals surface area contributed by atoms with Crippen molar-refractivity contribution in [1.82, 2.24) is 5.32 Å². The van der Waals surface area contributed by atoms with Gasteiger partial charge in [-0.2, -0.15) is 0 Å². The number of benzene rings is 1. The van der Waals surface area contributed by atoms with E-state index < -0.39 is 0 Å². The summed E-state index contributed by atoms with van der Waals surface area (Å²) >= 11 is 0. The predicted molar refractivity (Wildman–Crippen MR) is 55.7 cm³/mol. The smallest absolute Gasteiger partial charge is 0.0323 e. The second-order valence-electron chi connectivity index (χ2n) is 4.21. The van der Waals surface area contributed by atoms with Crippen LogP contribution in [-0.4, -0.2) is 6.54 Å². The average Bonchev–Trinajstić information content (AvgIpc) is 2.53. The summed E-state index contributed by atoms with van der Waals surface area (Å²) in [6.45, 7) is 5.61. The molecule has 0 aromatic heterocycles. The van der Waals surface area contributed by atoms with Gasteiger partial charge in [0.1, 0.15) is 0 Å². The van der Waals surface area contributed by atoms with Crippen LogP contribution in [0.4, 0.5) is 0 Å². The molecule has 1 aromatic carbocycles. The first-order valence-electron chi connectivity index (χ1n) is 5.05. The Balaban J connectivity index is 2.13. The van der Waals surface area contributed by atoms with E-state index in [0.717, 1.165) is 5.92 Å². The summed E-state index contributed by atoms with van der Waals surface area (Å²) in [7, 11) is 0. The SMILES string of the molecule is Cc1ccc([C@H]2C[C@H](C)CN2)cc1. The van der Waals surface area contributed by atoms with Crippen molar-refractivity contribution >= 4 is 0 Å². The minimum absolute atomic E-state index is 0.593. The molecular formula is C12H17N. The van der Waals surface area contributed by atoms with E-state index in [1.165, 1.54) is 24.1 Å². The van der Waals surface area contributed by atoms with Gasteiger partial charge in [-0.15, -0.1) is 0 Å². The van der Waals surface area contributed by atoms with Crippen LogP contribution < -0.4 is 5.32 Å². The van der Waals surface area contributed by atoms with Gasteiger partial charge in [0.2, 0.25) is 0 Å². The van der Waals surface area contributed by atoms with Crippen LogP contribution in [0.3, 0.4) is 0 Å². The quantitative estimate of drug-likeness (QED) is 0.692. The number of hydrogen-bond donors (Lipinski definition) is 1. The van der Waals surface area contributed by atoms with Crippen LogP contribution in [0.15, 0.2) is 24.3 Å². The summed E-state index contributed by atoms with van der Waals surface area (Å²) in [5, 5.41) is 3.54. The standard InChI is InChI=1S/C12H17N/c1-9-3-5-11(6-4-9)12-7-10(2)8-13-12/h3-6,10,12-13H,7-8H2,1-2H3/t10-,12+/m0/s1. The van der Waals surface area contributed by atoms with Gasteiger partial charge in [-0.1, -0.05) is 36.8 Å². The van der Waals surface area contributed by atoms with Gasteiger partial charge in [-0.05, 0) is 31.4 Å². The first kappa shape index (κ1) is 8.76. The molecule has 0 amide bonds. The lowest BCUT2D eigenvalue weighted by Gasteiger charge is -2.10. The van der Waals surface area contributed by atoms with Gasteiger partial charge in [0, 0.05) is 6.04 Å². The molecule has 1 heterocycles. The van der Waals surface area contributed by atoms with E-state index in [2.05, 4.69) is 43.4 Å². The second-order valence-corrected chi connectivity index (χ2v) is 4.21. The molecule has 0 spiro atoms. The van der Waals surface area contributed by atoms with Crippen LogP contribution >= 0.6 is 0 Å². The van der Waals surface area contributed by atoms with Gasteiger partial charge in [0.05, 0.1) is 0 Å². The molecule has 1 N–H and O–H groups in total. The van der Waals surface area contributed by atoms with Crippen molar-refractivity contribution in [3.8, 4) is 0 Å². The first-order valence-corrected chi connectivity index (χ1v) is 5.05. The molecule has 13 heavy (non-hydrogen) atoms. The van der Waals surface area contributed by atoms with Gasteiger partial charge in [-0.3, -0.25) is 0 Å². The Kier molecular flexibility index (Phi) is 2.36. The first-order chi connectivity index (χ1) is 6.25. The fourth-order valence-electron chi connectivity index (χ4n) is 1.97. The molecular weight excluding hydrogens is 158 g/mol. The lowest BCUT2D eigenvalue weighted by atomic mass is 10.0. The van der Waals surface area contributed by atoms with E-state index in [9.17, 15) is 0 Å². The molecule has 0 bridgehead atoms. The molecule has 1 nitrogen and oxygen atoms in total. The molecule has 70 valence electrons. The van der Waals surface area contributed by atoms with E-state index in [4.69, 9.17) is 0 Å². The highest BCUT2D eigenvalue weighted by Gasteiger charge is 2.21. The zero-order chi connectivity index (χ0) is 9.26. The number of hydrogen-bond acceptors (Lipinski definition) is 1. The third-order valence-corrected chi connectivity index (χ3v) is 2.83. The molecule has 1 heteroatoms. The van der Waals surface area contributed by atoms with E-state index in [1.54, 1.807) is 0 Å². The van der Waals surface area contributed by atoms with E-state index in [1.807, 2.05) is 0 Å². The van der Waals surface area contributed by atoms with Crippen LogP contribution in [0.1, 0.15) is 30.5 Å². The van der Waals surface area contributed by atoms with E-state index in [-0.39, 0.29) is 0 Å². The third-order valence-electron chi connectivity index (χ3n) is 2.83. The maximum Gasteiger partial charge on any atom is 0.0323 e. The summed E-state index contributed by atoms with van der Waals surface area (Å²) in [6, 6.07) is 9.46. The molecule has 0 saturated carbocycles. The van der Waals surface area contributed by atoms with Gasteiger partial charge < -0.3 is 5.32 Å². The van der Waals surface area contributed by atoms with Crippen LogP contribution in [-0.2, 0) is 0 Å². The average molecular weight is 175 g/mol. The zero-order valence-electron chi connectivity index (χ0n) is 8.38. The van der Waals surface area contributed by atoms with E-state index in [0.29, 0.717) is 6.04 Å². The largest absolute Gasteiger partial charge is 0.310 e. The second kappa shape index (κ2) is 3.51. The molecule has 0 unspecified atom stereocenters. The lowest BCUT2D eigenvalue weighted by Crippen LogP contribution is -2.13. The predicted octanol–water partition coefficient (Wildman–Crippen LogP) is 2.67. The lowest BCUT2D eigenvalue weighted by molar-refractivity contribution is 0.612. The normalized spacial score (nSPS) is 27.8. The molecule has 1 aliphatic rings. The minimum Gasteiger partial charge on any atom is -0.310 e. The molecule has 2 rings (SSSR count). The van der Waals surface area contributed by atoms with Crippen LogP contribution in [0.5, 0.6) is 0 Å². The fraction of sp³-hybridized carbons (Fsp3) is 0.500. The Morgan fingerprint density at radius 2 is 1.92 bits per heavy atom. The Morgan fingerprint density at radius 1 is 1.23 bits per heavy atom. The van der Waals surface area contributed by atoms with Crippen molar-refractivity contribution in [2.24, 2.45) is 5.92 Å². The minimum atomic E-state index is 0.593. The van der Waals surface area contributed by atoms with Gasteiger partial charge >= 0.3 is 0 Å². The molecule has 1 aliphatic heterocycles. The maximum atomic E-state index is 3.54. The van der Waals surface area contributed by atoms with Gasteiger partial charge in [0.15, 0.2) is 0 Å². The zero-order valence-corrected chi connectivity index (χ0v) is 8.38. The molecule has 1 fully saturated rings. The van der Waals surface area contributed by atoms with Crippen molar-refractivity contribution in [2.45, 2.75) is 26.3 Å². The Labute approximate surface area is 80.2 Å². The summed E-state index contributed by atoms with van der Waals surface area (Å²) in [6.07, 6.45) is 1.28. The molecule has 1 aromatic rings. The van der Waals surface area contributed by atoms with Gasteiger partial charge in [0.25, 0.3) is 0 Å². The van der Waals surface area contributed by atoms with Crippen molar-refractivity contribution < 1.29 is 0 Å². The molecule has 1 saturated heterocycles. The summed E-state index contributed by atoms with van der Waals surface area (Å²) in [5.41, 5.74) is 2.78. The van der Waals surface area contributed by atoms with Crippen LogP contribution in [0, 0.1) is 12.8 Å². The summed E-state index contributed by atoms with van der Waals surface area (Å²) in [5.74, 6) is 0.825. The molecule has 0 radical (unpaired) electrons. The number of aryl methyl sites for hydroxylation is 1. The monoisotopic (exact) mass is 175 g/mol. The highest BCUT2D eigenvalue weighted by Crippen LogP contribution is 2.26. The van der Waals surface area contributed by atoms with E-state index >= 15 is 0 Å². The molecule has 0 aliphatic carbocycles. The number of rotatable bonds is 1. The van der Waals surface area contributed by atoms with Crippen LogP contribution in [0.25, 0.3) is 0 Å². The van der Waals surface area contributed by atoms with Crippen molar-refractivity contribution in [3.05, 3.63) is 35.4 Å². The molecule has 2 atom stereocenters. The van der Waals surface area contributed by atoms with Crippen molar-refractivity contribution in [1.29, 1.82) is 0 Å². The van der Waals surface area contributed by atoms with Crippen molar-refractivity contribution in [3.63, 3.8) is 0 Å². The Bertz CT molecular complexity index is 276.